The number of allylic oxidation sites excluding steroid dienone is 1. The quantitative estimate of drug-likeness (QED) is 0.794. The minimum atomic E-state index is -0.240. The molecule has 0 fully saturated rings. The fraction of sp³-hybridized carbons (Fsp3) is 0.214. The molecule has 0 unspecified atom stereocenters. The monoisotopic (exact) mass is 274 g/mol. The maximum absolute atomic E-state index is 14.1. The number of hydrogen-bond acceptors (Lipinski definition) is 4. The van der Waals surface area contributed by atoms with Crippen LogP contribution in [0, 0.1) is 5.82 Å². The molecule has 1 aromatic heterocycles. The number of halogens is 1. The molecule has 3 heterocycles. The SMILES string of the molecule is CC1=C(c2cc(F)c3ccoc3c2)N2CCN=C2S1. The number of benzene rings is 1. The van der Waals surface area contributed by atoms with Crippen LogP contribution in [0.15, 0.2) is 38.8 Å². The highest BCUT2D eigenvalue weighted by atomic mass is 32.2. The smallest absolute Gasteiger partial charge is 0.168 e. The maximum atomic E-state index is 14.1. The summed E-state index contributed by atoms with van der Waals surface area (Å²) in [4.78, 5) is 7.76. The third kappa shape index (κ3) is 1.54. The first-order valence-electron chi connectivity index (χ1n) is 6.12. The topological polar surface area (TPSA) is 28.7 Å². The first-order valence-corrected chi connectivity index (χ1v) is 6.93. The molecule has 0 bridgehead atoms. The number of fused-ring (bicyclic) bond motifs is 2. The lowest BCUT2D eigenvalue weighted by Gasteiger charge is -2.17. The van der Waals surface area contributed by atoms with Crippen LogP contribution in [0.5, 0.6) is 0 Å². The van der Waals surface area contributed by atoms with Crippen molar-refractivity contribution in [2.45, 2.75) is 6.92 Å². The number of amidine groups is 1. The van der Waals surface area contributed by atoms with Crippen LogP contribution in [0.1, 0.15) is 12.5 Å². The van der Waals surface area contributed by atoms with Crippen molar-refractivity contribution in [3.05, 3.63) is 40.7 Å². The number of furan rings is 1. The average Bonchev–Trinajstić information content (AvgIpc) is 3.02. The Morgan fingerprint density at radius 2 is 2.32 bits per heavy atom. The van der Waals surface area contributed by atoms with Gasteiger partial charge in [0, 0.05) is 17.0 Å². The molecular formula is C14H11FN2OS. The molecule has 1 aromatic carbocycles. The molecule has 2 aliphatic heterocycles. The van der Waals surface area contributed by atoms with E-state index in [4.69, 9.17) is 4.42 Å². The van der Waals surface area contributed by atoms with Gasteiger partial charge in [0.15, 0.2) is 5.17 Å². The van der Waals surface area contributed by atoms with E-state index in [1.54, 1.807) is 23.9 Å². The van der Waals surface area contributed by atoms with Crippen LogP contribution in [0.4, 0.5) is 4.39 Å². The van der Waals surface area contributed by atoms with E-state index >= 15 is 0 Å². The van der Waals surface area contributed by atoms with Crippen LogP contribution in [0.3, 0.4) is 0 Å². The van der Waals surface area contributed by atoms with Crippen molar-refractivity contribution in [2.75, 3.05) is 13.1 Å². The zero-order chi connectivity index (χ0) is 13.0. The molecule has 19 heavy (non-hydrogen) atoms. The molecular weight excluding hydrogens is 263 g/mol. The largest absolute Gasteiger partial charge is 0.464 e. The number of hydrogen-bond donors (Lipinski definition) is 0. The van der Waals surface area contributed by atoms with Crippen LogP contribution in [0.2, 0.25) is 0 Å². The van der Waals surface area contributed by atoms with Gasteiger partial charge in [0.05, 0.1) is 23.9 Å². The third-order valence-electron chi connectivity index (χ3n) is 3.44. The van der Waals surface area contributed by atoms with Gasteiger partial charge in [0.25, 0.3) is 0 Å². The molecule has 2 aromatic rings. The van der Waals surface area contributed by atoms with Gasteiger partial charge in [-0.1, -0.05) is 11.8 Å². The Labute approximate surface area is 113 Å². The van der Waals surface area contributed by atoms with Gasteiger partial charge >= 0.3 is 0 Å². The summed E-state index contributed by atoms with van der Waals surface area (Å²) in [6.45, 7) is 3.72. The predicted molar refractivity (Wildman–Crippen MR) is 75.4 cm³/mol. The van der Waals surface area contributed by atoms with Crippen molar-refractivity contribution in [2.24, 2.45) is 4.99 Å². The highest BCUT2D eigenvalue weighted by Gasteiger charge is 2.31. The van der Waals surface area contributed by atoms with Crippen molar-refractivity contribution in [1.29, 1.82) is 0 Å². The fourth-order valence-electron chi connectivity index (χ4n) is 2.62. The van der Waals surface area contributed by atoms with Crippen molar-refractivity contribution in [3.8, 4) is 0 Å². The summed E-state index contributed by atoms with van der Waals surface area (Å²) >= 11 is 1.65. The van der Waals surface area contributed by atoms with Crippen LogP contribution < -0.4 is 0 Å². The second kappa shape index (κ2) is 3.87. The van der Waals surface area contributed by atoms with E-state index in [1.807, 2.05) is 13.0 Å². The molecule has 2 aliphatic rings. The summed E-state index contributed by atoms with van der Waals surface area (Å²) in [6, 6.07) is 5.14. The maximum Gasteiger partial charge on any atom is 0.168 e. The summed E-state index contributed by atoms with van der Waals surface area (Å²) in [7, 11) is 0. The molecule has 0 atom stereocenters. The van der Waals surface area contributed by atoms with Crippen molar-refractivity contribution in [1.82, 2.24) is 4.90 Å². The normalized spacial score (nSPS) is 18.4. The van der Waals surface area contributed by atoms with Crippen molar-refractivity contribution >= 4 is 33.6 Å². The van der Waals surface area contributed by atoms with E-state index in [0.717, 1.165) is 34.4 Å². The van der Waals surface area contributed by atoms with Gasteiger partial charge in [-0.3, -0.25) is 4.99 Å². The van der Waals surface area contributed by atoms with Crippen LogP contribution in [0.25, 0.3) is 16.7 Å². The summed E-state index contributed by atoms with van der Waals surface area (Å²) in [6.07, 6.45) is 1.52. The molecule has 0 saturated carbocycles. The molecule has 0 spiro atoms. The number of nitrogens with zero attached hydrogens (tertiary/aromatic N) is 2. The summed E-state index contributed by atoms with van der Waals surface area (Å²) in [5, 5.41) is 1.55. The highest BCUT2D eigenvalue weighted by Crippen LogP contribution is 2.42. The van der Waals surface area contributed by atoms with E-state index < -0.39 is 0 Å². The van der Waals surface area contributed by atoms with E-state index in [2.05, 4.69) is 9.89 Å². The van der Waals surface area contributed by atoms with Crippen molar-refractivity contribution < 1.29 is 8.81 Å². The minimum absolute atomic E-state index is 0.240. The van der Waals surface area contributed by atoms with E-state index in [0.29, 0.717) is 11.0 Å². The van der Waals surface area contributed by atoms with Gasteiger partial charge in [0.1, 0.15) is 11.4 Å². The molecule has 0 N–H and O–H groups in total. The van der Waals surface area contributed by atoms with E-state index in [-0.39, 0.29) is 5.82 Å². The average molecular weight is 274 g/mol. The van der Waals surface area contributed by atoms with Gasteiger partial charge < -0.3 is 9.32 Å². The van der Waals surface area contributed by atoms with Crippen LogP contribution in [-0.4, -0.2) is 23.2 Å². The lowest BCUT2D eigenvalue weighted by Crippen LogP contribution is -2.20. The number of thioether (sulfide) groups is 1. The zero-order valence-corrected chi connectivity index (χ0v) is 11.1. The molecule has 96 valence electrons. The van der Waals surface area contributed by atoms with Gasteiger partial charge in [-0.25, -0.2) is 4.39 Å². The molecule has 0 radical (unpaired) electrons. The Morgan fingerprint density at radius 3 is 3.21 bits per heavy atom. The predicted octanol–water partition coefficient (Wildman–Crippen LogP) is 3.68. The molecule has 5 heteroatoms. The number of rotatable bonds is 1. The lowest BCUT2D eigenvalue weighted by atomic mass is 10.1. The molecule has 4 rings (SSSR count). The Bertz CT molecular complexity index is 747. The molecule has 0 amide bonds. The second-order valence-corrected chi connectivity index (χ2v) is 5.79. The van der Waals surface area contributed by atoms with Crippen LogP contribution in [-0.2, 0) is 0 Å². The second-order valence-electron chi connectivity index (χ2n) is 4.61. The zero-order valence-electron chi connectivity index (χ0n) is 10.3. The molecule has 0 saturated heterocycles. The Hall–Kier alpha value is -1.75. The fourth-order valence-corrected chi connectivity index (χ4v) is 3.67. The Kier molecular flexibility index (Phi) is 2.26. The third-order valence-corrected chi connectivity index (χ3v) is 4.48. The molecule has 3 nitrogen and oxygen atoms in total. The number of aliphatic imine (C=N–C) groups is 1. The summed E-state index contributed by atoms with van der Waals surface area (Å²) in [5.74, 6) is -0.240. The Balaban J connectivity index is 1.90. The van der Waals surface area contributed by atoms with Gasteiger partial charge in [-0.2, -0.15) is 0 Å². The molecule has 0 aliphatic carbocycles. The van der Waals surface area contributed by atoms with Gasteiger partial charge in [0.2, 0.25) is 0 Å². The van der Waals surface area contributed by atoms with E-state index in [1.165, 1.54) is 6.26 Å². The summed E-state index contributed by atoms with van der Waals surface area (Å²) < 4.78 is 19.4. The van der Waals surface area contributed by atoms with Gasteiger partial charge in [-0.15, -0.1) is 0 Å². The first-order chi connectivity index (χ1) is 9.24. The van der Waals surface area contributed by atoms with Gasteiger partial charge in [-0.05, 0) is 25.1 Å². The van der Waals surface area contributed by atoms with Crippen molar-refractivity contribution in [3.63, 3.8) is 0 Å². The standard InChI is InChI=1S/C14H11FN2OS/c1-8-13(17-4-3-16-14(17)19-8)9-6-11(15)10-2-5-18-12(10)7-9/h2,5-7H,3-4H2,1H3. The highest BCUT2D eigenvalue weighted by molar-refractivity contribution is 8.17. The lowest BCUT2D eigenvalue weighted by molar-refractivity contribution is 0.608. The minimum Gasteiger partial charge on any atom is -0.464 e. The van der Waals surface area contributed by atoms with E-state index in [9.17, 15) is 4.39 Å². The Morgan fingerprint density at radius 1 is 1.42 bits per heavy atom. The van der Waals surface area contributed by atoms with Crippen LogP contribution >= 0.6 is 11.8 Å². The summed E-state index contributed by atoms with van der Waals surface area (Å²) in [5.41, 5.74) is 2.50. The first kappa shape index (κ1) is 11.1.